The third kappa shape index (κ3) is 10.5. The number of esters is 1. The Morgan fingerprint density at radius 3 is 2.41 bits per heavy atom. The molecule has 0 unspecified atom stereocenters. The van der Waals surface area contributed by atoms with Crippen molar-refractivity contribution >= 4 is 29.2 Å². The fourth-order valence-corrected chi connectivity index (χ4v) is 1.65. The first-order valence-corrected chi connectivity index (χ1v) is 7.02. The molecule has 0 N–H and O–H groups in total. The zero-order valence-electron chi connectivity index (χ0n) is 10.3. The number of rotatable bonds is 10. The van der Waals surface area contributed by atoms with Gasteiger partial charge in [-0.05, 0) is 6.42 Å². The molecule has 0 aliphatic carbocycles. The predicted molar refractivity (Wildman–Crippen MR) is 72.6 cm³/mol. The summed E-state index contributed by atoms with van der Waals surface area (Å²) >= 11 is 11.3. The van der Waals surface area contributed by atoms with Gasteiger partial charge < -0.3 is 9.64 Å². The van der Waals surface area contributed by atoms with Crippen molar-refractivity contribution in [2.75, 3.05) is 31.5 Å². The molecule has 0 rings (SSSR count). The van der Waals surface area contributed by atoms with E-state index in [1.54, 1.807) is 6.20 Å². The minimum Gasteiger partial charge on any atom is -0.462 e. The van der Waals surface area contributed by atoms with Gasteiger partial charge in [0.2, 0.25) is 0 Å². The van der Waals surface area contributed by atoms with E-state index in [-0.39, 0.29) is 5.97 Å². The summed E-state index contributed by atoms with van der Waals surface area (Å²) in [6.45, 7) is 3.95. The second kappa shape index (κ2) is 12.1. The van der Waals surface area contributed by atoms with Crippen LogP contribution in [0.25, 0.3) is 0 Å². The molecule has 0 heterocycles. The van der Waals surface area contributed by atoms with Crippen molar-refractivity contribution in [3.63, 3.8) is 0 Å². The Labute approximate surface area is 114 Å². The van der Waals surface area contributed by atoms with Gasteiger partial charge in [0.25, 0.3) is 0 Å². The van der Waals surface area contributed by atoms with Crippen molar-refractivity contribution < 1.29 is 9.53 Å². The van der Waals surface area contributed by atoms with Crippen LogP contribution in [-0.4, -0.2) is 42.3 Å². The molecule has 0 amide bonds. The maximum absolute atomic E-state index is 11.3. The molecule has 0 aliphatic rings. The topological polar surface area (TPSA) is 29.5 Å². The minimum atomic E-state index is -0.310. The molecule has 5 heteroatoms. The van der Waals surface area contributed by atoms with Crippen LogP contribution < -0.4 is 0 Å². The molecule has 100 valence electrons. The number of hydrogen-bond donors (Lipinski definition) is 0. The van der Waals surface area contributed by atoms with Crippen LogP contribution in [0, 0.1) is 0 Å². The molecule has 0 saturated heterocycles. The average Bonchev–Trinajstić information content (AvgIpc) is 2.32. The van der Waals surface area contributed by atoms with E-state index in [0.29, 0.717) is 31.5 Å². The third-order valence-electron chi connectivity index (χ3n) is 2.16. The van der Waals surface area contributed by atoms with Gasteiger partial charge >= 0.3 is 5.97 Å². The number of hydrogen-bond acceptors (Lipinski definition) is 3. The predicted octanol–water partition coefficient (Wildman–Crippen LogP) is 3.01. The number of halogens is 2. The molecule has 0 saturated carbocycles. The Morgan fingerprint density at radius 2 is 1.88 bits per heavy atom. The summed E-state index contributed by atoms with van der Waals surface area (Å²) in [5.74, 6) is 0.703. The molecule has 3 nitrogen and oxygen atoms in total. The first-order valence-electron chi connectivity index (χ1n) is 5.95. The Hall–Kier alpha value is -0.410. The van der Waals surface area contributed by atoms with Gasteiger partial charge in [-0.1, -0.05) is 19.8 Å². The van der Waals surface area contributed by atoms with Crippen LogP contribution >= 0.6 is 23.2 Å². The first kappa shape index (κ1) is 16.6. The summed E-state index contributed by atoms with van der Waals surface area (Å²) in [5, 5.41) is 0. The summed E-state index contributed by atoms with van der Waals surface area (Å²) in [4.78, 5) is 13.2. The molecule has 0 atom stereocenters. The smallest absolute Gasteiger partial charge is 0.332 e. The monoisotopic (exact) mass is 281 g/mol. The molecule has 0 aromatic heterocycles. The van der Waals surface area contributed by atoms with Crippen LogP contribution in [0.2, 0.25) is 0 Å². The lowest BCUT2D eigenvalue weighted by atomic mass is 10.3. The highest BCUT2D eigenvalue weighted by atomic mass is 35.5. The summed E-state index contributed by atoms with van der Waals surface area (Å²) in [6.07, 6.45) is 6.23. The van der Waals surface area contributed by atoms with E-state index in [0.717, 1.165) is 19.3 Å². The van der Waals surface area contributed by atoms with E-state index in [1.165, 1.54) is 6.08 Å². The van der Waals surface area contributed by atoms with Gasteiger partial charge in [-0.2, -0.15) is 0 Å². The second-order valence-corrected chi connectivity index (χ2v) is 4.36. The zero-order valence-corrected chi connectivity index (χ0v) is 11.8. The number of nitrogens with zero attached hydrogens (tertiary/aromatic N) is 1. The van der Waals surface area contributed by atoms with E-state index in [4.69, 9.17) is 27.9 Å². The number of carbonyl (C=O) groups is 1. The van der Waals surface area contributed by atoms with Crippen molar-refractivity contribution in [3.05, 3.63) is 12.3 Å². The highest BCUT2D eigenvalue weighted by Crippen LogP contribution is 1.97. The van der Waals surface area contributed by atoms with E-state index in [1.807, 2.05) is 4.90 Å². The van der Waals surface area contributed by atoms with Crippen LogP contribution in [0.3, 0.4) is 0 Å². The Morgan fingerprint density at radius 1 is 1.24 bits per heavy atom. The molecule has 17 heavy (non-hydrogen) atoms. The number of ether oxygens (including phenoxy) is 1. The fourth-order valence-electron chi connectivity index (χ4n) is 1.22. The standard InChI is InChI=1S/C12H21Cl2NO2/c1-2-3-4-11-17-12(16)5-8-15(9-6-13)10-7-14/h5,8H,2-4,6-7,9-11H2,1H3/b8-5+. The van der Waals surface area contributed by atoms with Gasteiger partial charge in [0.1, 0.15) is 0 Å². The Balaban J connectivity index is 3.81. The SMILES string of the molecule is CCCCCOC(=O)/C=C/N(CCCl)CCCl. The molecule has 0 fully saturated rings. The van der Waals surface area contributed by atoms with Crippen molar-refractivity contribution in [1.29, 1.82) is 0 Å². The summed E-state index contributed by atoms with van der Waals surface area (Å²) in [7, 11) is 0. The number of unbranched alkanes of at least 4 members (excludes halogenated alkanes) is 2. The van der Waals surface area contributed by atoms with Crippen molar-refractivity contribution in [3.8, 4) is 0 Å². The van der Waals surface area contributed by atoms with E-state index in [2.05, 4.69) is 6.92 Å². The molecule has 0 aromatic carbocycles. The lowest BCUT2D eigenvalue weighted by Crippen LogP contribution is -2.22. The van der Waals surface area contributed by atoms with Gasteiger partial charge in [-0.15, -0.1) is 23.2 Å². The molecule has 0 aliphatic heterocycles. The maximum Gasteiger partial charge on any atom is 0.332 e. The average molecular weight is 282 g/mol. The van der Waals surface area contributed by atoms with Crippen LogP contribution in [-0.2, 0) is 9.53 Å². The molecule has 0 aromatic rings. The molecule has 0 radical (unpaired) electrons. The maximum atomic E-state index is 11.3. The highest BCUT2D eigenvalue weighted by Gasteiger charge is 2.00. The van der Waals surface area contributed by atoms with Crippen LogP contribution in [0.15, 0.2) is 12.3 Å². The fraction of sp³-hybridized carbons (Fsp3) is 0.750. The van der Waals surface area contributed by atoms with Crippen molar-refractivity contribution in [1.82, 2.24) is 4.90 Å². The summed E-state index contributed by atoms with van der Waals surface area (Å²) in [6, 6.07) is 0. The minimum absolute atomic E-state index is 0.310. The van der Waals surface area contributed by atoms with Gasteiger partial charge in [-0.25, -0.2) is 4.79 Å². The lowest BCUT2D eigenvalue weighted by Gasteiger charge is -2.16. The van der Waals surface area contributed by atoms with Gasteiger partial charge in [0, 0.05) is 37.1 Å². The van der Waals surface area contributed by atoms with E-state index < -0.39 is 0 Å². The van der Waals surface area contributed by atoms with Crippen molar-refractivity contribution in [2.24, 2.45) is 0 Å². The third-order valence-corrected chi connectivity index (χ3v) is 2.50. The van der Waals surface area contributed by atoms with Gasteiger partial charge in [-0.3, -0.25) is 0 Å². The van der Waals surface area contributed by atoms with E-state index >= 15 is 0 Å². The number of carbonyl (C=O) groups excluding carboxylic acids is 1. The van der Waals surface area contributed by atoms with Crippen LogP contribution in [0.1, 0.15) is 26.2 Å². The van der Waals surface area contributed by atoms with Crippen LogP contribution in [0.4, 0.5) is 0 Å². The molecular weight excluding hydrogens is 261 g/mol. The van der Waals surface area contributed by atoms with E-state index in [9.17, 15) is 4.79 Å². The molecular formula is C12H21Cl2NO2. The molecule has 0 bridgehead atoms. The Bertz CT molecular complexity index is 217. The highest BCUT2D eigenvalue weighted by molar-refractivity contribution is 6.18. The quantitative estimate of drug-likeness (QED) is 0.267. The van der Waals surface area contributed by atoms with Gasteiger partial charge in [0.05, 0.1) is 6.61 Å². The second-order valence-electron chi connectivity index (χ2n) is 3.60. The lowest BCUT2D eigenvalue weighted by molar-refractivity contribution is -0.137. The summed E-state index contributed by atoms with van der Waals surface area (Å²) in [5.41, 5.74) is 0. The molecule has 0 spiro atoms. The largest absolute Gasteiger partial charge is 0.462 e. The Kier molecular flexibility index (Phi) is 11.8. The number of alkyl halides is 2. The first-order chi connectivity index (χ1) is 8.24. The summed E-state index contributed by atoms with van der Waals surface area (Å²) < 4.78 is 5.03. The zero-order chi connectivity index (χ0) is 12.9. The van der Waals surface area contributed by atoms with Crippen molar-refractivity contribution in [2.45, 2.75) is 26.2 Å². The van der Waals surface area contributed by atoms with Gasteiger partial charge in [0.15, 0.2) is 0 Å². The van der Waals surface area contributed by atoms with Crippen LogP contribution in [0.5, 0.6) is 0 Å². The normalized spacial score (nSPS) is 10.8.